The molecule has 0 aromatic carbocycles. The van der Waals surface area contributed by atoms with Crippen molar-refractivity contribution in [3.63, 3.8) is 0 Å². The van der Waals surface area contributed by atoms with E-state index in [1.54, 1.807) is 0 Å². The summed E-state index contributed by atoms with van der Waals surface area (Å²) < 4.78 is 35.7. The predicted molar refractivity (Wildman–Crippen MR) is 62.9 cm³/mol. The van der Waals surface area contributed by atoms with Gasteiger partial charge >= 0.3 is 6.18 Å². The molecule has 0 aromatic rings. The number of aliphatic hydroxyl groups excluding tert-OH is 1. The highest BCUT2D eigenvalue weighted by molar-refractivity contribution is 8.00. The Labute approximate surface area is 104 Å². The van der Waals surface area contributed by atoms with Crippen LogP contribution in [0.25, 0.3) is 0 Å². The normalized spacial score (nSPS) is 13.7. The van der Waals surface area contributed by atoms with Crippen molar-refractivity contribution < 1.29 is 23.1 Å². The summed E-state index contributed by atoms with van der Waals surface area (Å²) in [6.45, 7) is 2.11. The Morgan fingerprint density at radius 3 is 2.24 bits per heavy atom. The van der Waals surface area contributed by atoms with E-state index in [0.29, 0.717) is 17.5 Å². The summed E-state index contributed by atoms with van der Waals surface area (Å²) in [5, 5.41) is 8.99. The van der Waals surface area contributed by atoms with Crippen LogP contribution in [0.3, 0.4) is 0 Å². The van der Waals surface area contributed by atoms with Gasteiger partial charge in [0.1, 0.15) is 0 Å². The van der Waals surface area contributed by atoms with Gasteiger partial charge in [-0.05, 0) is 12.2 Å². The maximum atomic E-state index is 11.9. The molecule has 102 valence electrons. The quantitative estimate of drug-likeness (QED) is 0.515. The lowest BCUT2D eigenvalue weighted by molar-refractivity contribution is -0.175. The van der Waals surface area contributed by atoms with Crippen molar-refractivity contribution >= 4 is 17.5 Å². The van der Waals surface area contributed by atoms with E-state index in [9.17, 15) is 18.0 Å². The Kier molecular flexibility index (Phi) is 8.68. The molecular formula is C11H19F3O2S. The number of aliphatic hydroxyl groups is 1. The summed E-state index contributed by atoms with van der Waals surface area (Å²) >= 11 is 0.661. The van der Waals surface area contributed by atoms with Gasteiger partial charge in [-0.1, -0.05) is 39.0 Å². The standard InChI is InChI=1S/C11H19F3O2S/c1-2-3-4-5-6-7-8-17-10(16)9(15)11(12,13)14/h10,16H,2-8H2,1H3. The molecule has 0 saturated heterocycles. The molecule has 0 saturated carbocycles. The monoisotopic (exact) mass is 272 g/mol. The molecule has 0 spiro atoms. The van der Waals surface area contributed by atoms with Gasteiger partial charge in [0.25, 0.3) is 5.78 Å². The molecule has 2 nitrogen and oxygen atoms in total. The summed E-state index contributed by atoms with van der Waals surface area (Å²) in [7, 11) is 0. The van der Waals surface area contributed by atoms with Crippen LogP contribution < -0.4 is 0 Å². The van der Waals surface area contributed by atoms with Crippen LogP contribution in [-0.4, -0.2) is 28.3 Å². The third kappa shape index (κ3) is 8.49. The highest BCUT2D eigenvalue weighted by atomic mass is 32.2. The van der Waals surface area contributed by atoms with Gasteiger partial charge in [0, 0.05) is 0 Å². The Morgan fingerprint density at radius 1 is 1.18 bits per heavy atom. The second kappa shape index (κ2) is 8.80. The number of carbonyl (C=O) groups is 1. The zero-order valence-corrected chi connectivity index (χ0v) is 10.7. The van der Waals surface area contributed by atoms with Crippen LogP contribution in [0.4, 0.5) is 13.2 Å². The molecule has 0 aliphatic carbocycles. The summed E-state index contributed by atoms with van der Waals surface area (Å²) in [6.07, 6.45) is 1.23. The lowest BCUT2D eigenvalue weighted by Gasteiger charge is -2.11. The van der Waals surface area contributed by atoms with Crippen LogP contribution in [0.5, 0.6) is 0 Å². The van der Waals surface area contributed by atoms with Crippen LogP contribution in [0.2, 0.25) is 0 Å². The number of halogens is 3. The van der Waals surface area contributed by atoms with E-state index in [2.05, 4.69) is 6.92 Å². The third-order valence-electron chi connectivity index (χ3n) is 2.28. The second-order valence-electron chi connectivity index (χ2n) is 3.85. The molecule has 1 unspecified atom stereocenters. The van der Waals surface area contributed by atoms with Gasteiger partial charge in [-0.2, -0.15) is 13.2 Å². The molecule has 1 N–H and O–H groups in total. The van der Waals surface area contributed by atoms with E-state index in [0.717, 1.165) is 32.1 Å². The molecule has 0 aliphatic heterocycles. The number of thioether (sulfide) groups is 1. The Hall–Kier alpha value is -0.230. The van der Waals surface area contributed by atoms with Gasteiger partial charge in [-0.25, -0.2) is 0 Å². The minimum Gasteiger partial charge on any atom is -0.374 e. The molecule has 17 heavy (non-hydrogen) atoms. The Bertz CT molecular complexity index is 219. The molecule has 0 heterocycles. The Balaban J connectivity index is 3.52. The average molecular weight is 272 g/mol. The molecule has 0 aromatic heterocycles. The highest BCUT2D eigenvalue weighted by Crippen LogP contribution is 2.23. The van der Waals surface area contributed by atoms with Gasteiger partial charge in [-0.15, -0.1) is 11.8 Å². The number of rotatable bonds is 9. The first-order chi connectivity index (χ1) is 7.89. The lowest BCUT2D eigenvalue weighted by Crippen LogP contribution is -2.32. The predicted octanol–water partition coefficient (Wildman–Crippen LogP) is 3.53. The van der Waals surface area contributed by atoms with Crippen molar-refractivity contribution in [2.24, 2.45) is 0 Å². The smallest absolute Gasteiger partial charge is 0.374 e. The van der Waals surface area contributed by atoms with Crippen LogP contribution in [0, 0.1) is 0 Å². The zero-order chi connectivity index (χ0) is 13.3. The van der Waals surface area contributed by atoms with Gasteiger partial charge < -0.3 is 5.11 Å². The molecule has 0 amide bonds. The lowest BCUT2D eigenvalue weighted by atomic mass is 10.1. The number of ketones is 1. The van der Waals surface area contributed by atoms with Crippen molar-refractivity contribution in [2.45, 2.75) is 57.1 Å². The molecule has 0 aliphatic rings. The SMILES string of the molecule is CCCCCCCCSC(O)C(=O)C(F)(F)F. The first-order valence-corrected chi connectivity index (χ1v) is 6.85. The van der Waals surface area contributed by atoms with Crippen molar-refractivity contribution in [2.75, 3.05) is 5.75 Å². The summed E-state index contributed by atoms with van der Waals surface area (Å²) in [4.78, 5) is 10.6. The second-order valence-corrected chi connectivity index (χ2v) is 5.04. The van der Waals surface area contributed by atoms with Crippen molar-refractivity contribution in [1.82, 2.24) is 0 Å². The number of alkyl halides is 3. The summed E-state index contributed by atoms with van der Waals surface area (Å²) in [5.41, 5.74) is -1.97. The molecule has 0 fully saturated rings. The third-order valence-corrected chi connectivity index (χ3v) is 3.33. The molecule has 0 radical (unpaired) electrons. The number of hydrogen-bond donors (Lipinski definition) is 1. The maximum absolute atomic E-state index is 11.9. The molecule has 1 atom stereocenters. The largest absolute Gasteiger partial charge is 0.453 e. The minimum absolute atomic E-state index is 0.384. The van der Waals surface area contributed by atoms with Crippen molar-refractivity contribution in [1.29, 1.82) is 0 Å². The fourth-order valence-electron chi connectivity index (χ4n) is 1.29. The maximum Gasteiger partial charge on any atom is 0.453 e. The number of Topliss-reactive ketones (excluding diaryl/α,β-unsaturated/α-hetero) is 1. The fraction of sp³-hybridized carbons (Fsp3) is 0.909. The highest BCUT2D eigenvalue weighted by Gasteiger charge is 2.42. The van der Waals surface area contributed by atoms with Crippen LogP contribution in [-0.2, 0) is 4.79 Å². The average Bonchev–Trinajstić information content (AvgIpc) is 2.25. The fourth-order valence-corrected chi connectivity index (χ4v) is 2.17. The first-order valence-electron chi connectivity index (χ1n) is 5.80. The Morgan fingerprint density at radius 2 is 1.71 bits per heavy atom. The van der Waals surface area contributed by atoms with Crippen LogP contribution in [0.1, 0.15) is 45.4 Å². The molecular weight excluding hydrogens is 253 g/mol. The number of hydrogen-bond acceptors (Lipinski definition) is 3. The number of carbonyl (C=O) groups excluding carboxylic acids is 1. The molecule has 0 rings (SSSR count). The van der Waals surface area contributed by atoms with Crippen molar-refractivity contribution in [3.8, 4) is 0 Å². The van der Waals surface area contributed by atoms with Crippen LogP contribution >= 0.6 is 11.8 Å². The van der Waals surface area contributed by atoms with Crippen molar-refractivity contribution in [3.05, 3.63) is 0 Å². The summed E-state index contributed by atoms with van der Waals surface area (Å²) in [5.74, 6) is -1.68. The first kappa shape index (κ1) is 16.8. The van der Waals surface area contributed by atoms with E-state index >= 15 is 0 Å². The van der Waals surface area contributed by atoms with E-state index in [1.807, 2.05) is 0 Å². The minimum atomic E-state index is -4.94. The van der Waals surface area contributed by atoms with E-state index in [-0.39, 0.29) is 0 Å². The summed E-state index contributed by atoms with van der Waals surface area (Å²) in [6, 6.07) is 0. The molecule has 0 bridgehead atoms. The van der Waals surface area contributed by atoms with E-state index in [4.69, 9.17) is 5.11 Å². The van der Waals surface area contributed by atoms with Gasteiger partial charge in [-0.3, -0.25) is 4.79 Å². The van der Waals surface area contributed by atoms with Gasteiger partial charge in [0.2, 0.25) is 0 Å². The topological polar surface area (TPSA) is 37.3 Å². The number of unbranched alkanes of at least 4 members (excludes halogenated alkanes) is 5. The molecule has 6 heteroatoms. The zero-order valence-electron chi connectivity index (χ0n) is 9.92. The van der Waals surface area contributed by atoms with Gasteiger partial charge in [0.15, 0.2) is 5.44 Å². The van der Waals surface area contributed by atoms with Gasteiger partial charge in [0.05, 0.1) is 0 Å². The van der Waals surface area contributed by atoms with E-state index in [1.165, 1.54) is 6.42 Å². The van der Waals surface area contributed by atoms with E-state index < -0.39 is 17.4 Å². The van der Waals surface area contributed by atoms with Crippen LogP contribution in [0.15, 0.2) is 0 Å².